The molecular weight excluding hydrogens is 518 g/mol. The maximum Gasteiger partial charge on any atom is 0.336 e. The van der Waals surface area contributed by atoms with Crippen molar-refractivity contribution in [1.29, 1.82) is 0 Å². The van der Waals surface area contributed by atoms with Crippen LogP contribution in [0.1, 0.15) is 59.8 Å². The van der Waals surface area contributed by atoms with Crippen molar-refractivity contribution >= 4 is 23.5 Å². The summed E-state index contributed by atoms with van der Waals surface area (Å²) in [6, 6.07) is 8.25. The number of aliphatic hydroxyl groups is 1. The molecule has 11 heteroatoms. The van der Waals surface area contributed by atoms with Crippen LogP contribution in [0.15, 0.2) is 39.9 Å². The van der Waals surface area contributed by atoms with Crippen LogP contribution >= 0.6 is 0 Å². The number of nitrogens with zero attached hydrogens (tertiary/aromatic N) is 2. The van der Waals surface area contributed by atoms with Gasteiger partial charge in [-0.2, -0.15) is 0 Å². The molecule has 0 spiro atoms. The largest absolute Gasteiger partial charge is 0.426 e. The van der Waals surface area contributed by atoms with Crippen LogP contribution in [0.4, 0.5) is 5.82 Å². The number of hydrogen-bond donors (Lipinski definition) is 2. The summed E-state index contributed by atoms with van der Waals surface area (Å²) in [5.41, 5.74) is 4.27. The van der Waals surface area contributed by atoms with Crippen LogP contribution in [0.2, 0.25) is 0 Å². The van der Waals surface area contributed by atoms with Crippen molar-refractivity contribution in [2.45, 2.75) is 60.0 Å². The van der Waals surface area contributed by atoms with Gasteiger partial charge < -0.3 is 20.3 Å². The summed E-state index contributed by atoms with van der Waals surface area (Å²) in [7, 11) is 1.22. The lowest BCUT2D eigenvalue weighted by atomic mass is 9.86. The Morgan fingerprint density at radius 1 is 0.925 bits per heavy atom. The van der Waals surface area contributed by atoms with E-state index in [0.717, 1.165) is 9.13 Å². The highest BCUT2D eigenvalue weighted by atomic mass is 16.5. The first-order chi connectivity index (χ1) is 18.6. The van der Waals surface area contributed by atoms with Gasteiger partial charge in [0, 0.05) is 26.5 Å². The molecule has 212 valence electrons. The van der Waals surface area contributed by atoms with E-state index < -0.39 is 46.0 Å². The van der Waals surface area contributed by atoms with E-state index in [0.29, 0.717) is 27.9 Å². The molecule has 0 amide bonds. The molecule has 1 heterocycles. The molecular formula is C29H33N3O8. The SMILES string of the molecule is CC(=O)Oc1c(C)c(C)c(OC(C)=O)c(CCC(C)(O)C(=O)c2c(N)n(-c3ccccc3)c(=O)n(C)c2=O)c1C. The maximum absolute atomic E-state index is 13.6. The van der Waals surface area contributed by atoms with Gasteiger partial charge in [-0.15, -0.1) is 0 Å². The van der Waals surface area contributed by atoms with Crippen molar-refractivity contribution in [3.8, 4) is 17.2 Å². The number of aromatic nitrogens is 2. The van der Waals surface area contributed by atoms with Gasteiger partial charge in [0.25, 0.3) is 5.56 Å². The summed E-state index contributed by atoms with van der Waals surface area (Å²) in [6.45, 7) is 8.83. The standard InChI is InChI=1S/C29H33N3O8/c1-15-16(2)24(40-19(5)34)21(17(3)23(15)39-18(4)33)13-14-29(6,38)25(35)22-26(30)32(20-11-9-8-10-12-20)28(37)31(7)27(22)36/h8-12,38H,13-14,30H2,1-7H3. The third-order valence-corrected chi connectivity index (χ3v) is 6.89. The van der Waals surface area contributed by atoms with Crippen LogP contribution < -0.4 is 26.5 Å². The summed E-state index contributed by atoms with van der Waals surface area (Å²) in [4.78, 5) is 63.2. The third kappa shape index (κ3) is 5.59. The third-order valence-electron chi connectivity index (χ3n) is 6.89. The quantitative estimate of drug-likeness (QED) is 0.243. The van der Waals surface area contributed by atoms with E-state index in [9.17, 15) is 29.1 Å². The predicted molar refractivity (Wildman–Crippen MR) is 148 cm³/mol. The van der Waals surface area contributed by atoms with E-state index in [2.05, 4.69) is 0 Å². The highest BCUT2D eigenvalue weighted by molar-refractivity contribution is 6.05. The number of Topliss-reactive ketones (excluding diaryl/α,β-unsaturated/α-hetero) is 1. The van der Waals surface area contributed by atoms with Crippen molar-refractivity contribution in [2.24, 2.45) is 7.05 Å². The molecule has 0 saturated heterocycles. The summed E-state index contributed by atoms with van der Waals surface area (Å²) in [6.07, 6.45) is -0.225. The Balaban J connectivity index is 2.11. The van der Waals surface area contributed by atoms with Gasteiger partial charge in [-0.25, -0.2) is 9.36 Å². The highest BCUT2D eigenvalue weighted by Gasteiger charge is 2.37. The first-order valence-corrected chi connectivity index (χ1v) is 12.5. The summed E-state index contributed by atoms with van der Waals surface area (Å²) in [5.74, 6) is -1.98. The molecule has 3 N–H and O–H groups in total. The van der Waals surface area contributed by atoms with Gasteiger partial charge in [0.15, 0.2) is 0 Å². The molecule has 1 aromatic heterocycles. The zero-order chi connectivity index (χ0) is 30.1. The zero-order valence-electron chi connectivity index (χ0n) is 23.6. The van der Waals surface area contributed by atoms with E-state index in [4.69, 9.17) is 15.2 Å². The second kappa shape index (κ2) is 11.3. The van der Waals surface area contributed by atoms with Gasteiger partial charge in [0.2, 0.25) is 5.78 Å². The van der Waals surface area contributed by atoms with Crippen LogP contribution in [-0.4, -0.2) is 37.6 Å². The zero-order valence-corrected chi connectivity index (χ0v) is 23.6. The number of carbonyl (C=O) groups is 3. The topological polar surface area (TPSA) is 160 Å². The Hall–Kier alpha value is -4.51. The first-order valence-electron chi connectivity index (χ1n) is 12.5. The molecule has 11 nitrogen and oxygen atoms in total. The molecule has 0 aliphatic heterocycles. The van der Waals surface area contributed by atoms with Gasteiger partial charge in [0.1, 0.15) is 28.5 Å². The van der Waals surface area contributed by atoms with Gasteiger partial charge in [0.05, 0.1) is 5.69 Å². The average molecular weight is 552 g/mol. The number of hydrogen-bond acceptors (Lipinski definition) is 9. The molecule has 0 saturated carbocycles. The van der Waals surface area contributed by atoms with Crippen LogP contribution in [0.3, 0.4) is 0 Å². The molecule has 0 radical (unpaired) electrons. The van der Waals surface area contributed by atoms with Gasteiger partial charge in [-0.1, -0.05) is 18.2 Å². The normalized spacial score (nSPS) is 12.5. The summed E-state index contributed by atoms with van der Waals surface area (Å²) < 4.78 is 12.7. The number of ketones is 1. The van der Waals surface area contributed by atoms with Crippen LogP contribution in [0, 0.1) is 20.8 Å². The minimum absolute atomic E-state index is 0.00111. The molecule has 0 aliphatic carbocycles. The number of esters is 2. The Morgan fingerprint density at radius 3 is 2.00 bits per heavy atom. The molecule has 0 bridgehead atoms. The molecule has 3 rings (SSSR count). The minimum Gasteiger partial charge on any atom is -0.426 e. The average Bonchev–Trinajstić information content (AvgIpc) is 2.88. The minimum atomic E-state index is -2.13. The number of benzene rings is 2. The van der Waals surface area contributed by atoms with Gasteiger partial charge >= 0.3 is 17.6 Å². The molecule has 0 fully saturated rings. The van der Waals surface area contributed by atoms with Gasteiger partial charge in [-0.3, -0.25) is 23.7 Å². The number of anilines is 1. The number of carbonyl (C=O) groups excluding carboxylic acids is 3. The van der Waals surface area contributed by atoms with E-state index in [-0.39, 0.29) is 24.3 Å². The molecule has 0 aliphatic rings. The Morgan fingerprint density at radius 2 is 1.45 bits per heavy atom. The number of rotatable bonds is 8. The molecule has 1 atom stereocenters. The maximum atomic E-state index is 13.6. The molecule has 2 aromatic carbocycles. The summed E-state index contributed by atoms with van der Waals surface area (Å²) in [5, 5.41) is 11.3. The highest BCUT2D eigenvalue weighted by Crippen LogP contribution is 2.39. The van der Waals surface area contributed by atoms with Crippen molar-refractivity contribution in [3.63, 3.8) is 0 Å². The Labute approximate surface area is 230 Å². The van der Waals surface area contributed by atoms with Crippen LogP contribution in [0.5, 0.6) is 11.5 Å². The number of nitrogens with two attached hydrogens (primary N) is 1. The lowest BCUT2D eigenvalue weighted by Crippen LogP contribution is -2.46. The van der Waals surface area contributed by atoms with Gasteiger partial charge in [-0.05, 0) is 69.4 Å². The monoisotopic (exact) mass is 551 g/mol. The van der Waals surface area contributed by atoms with E-state index in [1.54, 1.807) is 51.1 Å². The predicted octanol–water partition coefficient (Wildman–Crippen LogP) is 2.46. The number of para-hydroxylation sites is 1. The molecule has 3 aromatic rings. The van der Waals surface area contributed by atoms with E-state index >= 15 is 0 Å². The first kappa shape index (κ1) is 30.0. The van der Waals surface area contributed by atoms with Crippen molar-refractivity contribution in [2.75, 3.05) is 5.73 Å². The fourth-order valence-corrected chi connectivity index (χ4v) is 4.56. The summed E-state index contributed by atoms with van der Waals surface area (Å²) >= 11 is 0. The van der Waals surface area contributed by atoms with Crippen molar-refractivity contribution in [1.82, 2.24) is 9.13 Å². The smallest absolute Gasteiger partial charge is 0.336 e. The number of ether oxygens (including phenoxy) is 2. The Bertz CT molecular complexity index is 1630. The molecule has 40 heavy (non-hydrogen) atoms. The van der Waals surface area contributed by atoms with Crippen LogP contribution in [-0.2, 0) is 23.1 Å². The second-order valence-electron chi connectivity index (χ2n) is 9.88. The Kier molecular flexibility index (Phi) is 8.49. The second-order valence-corrected chi connectivity index (χ2v) is 9.88. The lowest BCUT2D eigenvalue weighted by Gasteiger charge is -2.25. The molecule has 1 unspecified atom stereocenters. The number of nitrogen functional groups attached to an aromatic ring is 1. The van der Waals surface area contributed by atoms with Crippen molar-refractivity contribution < 1.29 is 29.0 Å². The van der Waals surface area contributed by atoms with E-state index in [1.807, 2.05) is 0 Å². The van der Waals surface area contributed by atoms with Crippen LogP contribution in [0.25, 0.3) is 5.69 Å². The lowest BCUT2D eigenvalue weighted by molar-refractivity contribution is -0.133. The fraction of sp³-hybridized carbons (Fsp3) is 0.345. The van der Waals surface area contributed by atoms with E-state index in [1.165, 1.54) is 27.8 Å². The fourth-order valence-electron chi connectivity index (χ4n) is 4.56. The van der Waals surface area contributed by atoms with Crippen molar-refractivity contribution in [3.05, 3.63) is 79.0 Å².